The number of halogens is 2. The minimum absolute atomic E-state index is 0.0449. The van der Waals surface area contributed by atoms with E-state index in [2.05, 4.69) is 10.1 Å². The van der Waals surface area contributed by atoms with E-state index in [0.717, 1.165) is 11.1 Å². The average Bonchev–Trinajstić information content (AvgIpc) is 2.48. The average molecular weight is 303 g/mol. The van der Waals surface area contributed by atoms with Crippen LogP contribution in [-0.4, -0.2) is 12.5 Å². The van der Waals surface area contributed by atoms with Crippen molar-refractivity contribution in [3.05, 3.63) is 65.7 Å². The van der Waals surface area contributed by atoms with Gasteiger partial charge in [-0.1, -0.05) is 24.3 Å². The van der Waals surface area contributed by atoms with Gasteiger partial charge in [-0.15, -0.1) is 0 Å². The number of aryl methyl sites for hydroxylation is 1. The van der Waals surface area contributed by atoms with Crippen molar-refractivity contribution in [1.82, 2.24) is 0 Å². The van der Waals surface area contributed by atoms with E-state index < -0.39 is 6.61 Å². The van der Waals surface area contributed by atoms with Crippen LogP contribution in [0.25, 0.3) is 6.08 Å². The molecule has 1 amide bonds. The van der Waals surface area contributed by atoms with Crippen molar-refractivity contribution in [2.75, 3.05) is 5.32 Å². The highest BCUT2D eigenvalue weighted by Crippen LogP contribution is 2.17. The number of hydrogen-bond donors (Lipinski definition) is 1. The van der Waals surface area contributed by atoms with Crippen molar-refractivity contribution in [2.45, 2.75) is 13.5 Å². The number of rotatable bonds is 5. The summed E-state index contributed by atoms with van der Waals surface area (Å²) in [6.45, 7) is -0.906. The first-order chi connectivity index (χ1) is 10.5. The summed E-state index contributed by atoms with van der Waals surface area (Å²) in [4.78, 5) is 11.8. The van der Waals surface area contributed by atoms with Crippen molar-refractivity contribution < 1.29 is 18.3 Å². The van der Waals surface area contributed by atoms with Crippen LogP contribution in [0.3, 0.4) is 0 Å². The maximum absolute atomic E-state index is 12.0. The zero-order chi connectivity index (χ0) is 15.9. The second kappa shape index (κ2) is 7.36. The predicted octanol–water partition coefficient (Wildman–Crippen LogP) is 4.25. The summed E-state index contributed by atoms with van der Waals surface area (Å²) >= 11 is 0. The van der Waals surface area contributed by atoms with Crippen molar-refractivity contribution in [2.24, 2.45) is 0 Å². The standard InChI is InChI=1S/C17H15F2NO2/c1-12-4-2-3-5-13(12)6-11-16(21)20-14-7-9-15(10-8-14)22-17(18)19/h2-11,17H,1H3,(H,20,21)/b11-6+. The van der Waals surface area contributed by atoms with Gasteiger partial charge in [0.2, 0.25) is 5.91 Å². The second-order valence-electron chi connectivity index (χ2n) is 4.58. The summed E-state index contributed by atoms with van der Waals surface area (Å²) in [7, 11) is 0. The number of carbonyl (C=O) groups excluding carboxylic acids is 1. The third-order valence-corrected chi connectivity index (χ3v) is 2.95. The lowest BCUT2D eigenvalue weighted by Gasteiger charge is -2.06. The number of alkyl halides is 2. The van der Waals surface area contributed by atoms with E-state index in [9.17, 15) is 13.6 Å². The number of anilines is 1. The Hall–Kier alpha value is -2.69. The Balaban J connectivity index is 1.96. The van der Waals surface area contributed by atoms with Gasteiger partial charge in [-0.25, -0.2) is 0 Å². The smallest absolute Gasteiger partial charge is 0.387 e. The first-order valence-electron chi connectivity index (χ1n) is 6.64. The number of benzene rings is 2. The van der Waals surface area contributed by atoms with Crippen LogP contribution in [0.15, 0.2) is 54.6 Å². The molecule has 22 heavy (non-hydrogen) atoms. The largest absolute Gasteiger partial charge is 0.435 e. The fourth-order valence-electron chi connectivity index (χ4n) is 1.84. The molecule has 2 aromatic rings. The fraction of sp³-hybridized carbons (Fsp3) is 0.118. The monoisotopic (exact) mass is 303 g/mol. The lowest BCUT2D eigenvalue weighted by molar-refractivity contribution is -0.111. The SMILES string of the molecule is Cc1ccccc1/C=C/C(=O)Nc1ccc(OC(F)F)cc1. The molecular weight excluding hydrogens is 288 g/mol. The highest BCUT2D eigenvalue weighted by Gasteiger charge is 2.04. The second-order valence-corrected chi connectivity index (χ2v) is 4.58. The number of ether oxygens (including phenoxy) is 1. The van der Waals surface area contributed by atoms with Crippen LogP contribution in [0.5, 0.6) is 5.75 Å². The summed E-state index contributed by atoms with van der Waals surface area (Å²) in [5, 5.41) is 2.64. The molecule has 0 unspecified atom stereocenters. The molecule has 0 saturated heterocycles. The lowest BCUT2D eigenvalue weighted by Crippen LogP contribution is -2.08. The molecule has 5 heteroatoms. The highest BCUT2D eigenvalue weighted by atomic mass is 19.3. The van der Waals surface area contributed by atoms with E-state index in [1.165, 1.54) is 30.3 Å². The molecule has 0 atom stereocenters. The third kappa shape index (κ3) is 4.70. The Morgan fingerprint density at radius 3 is 2.45 bits per heavy atom. The molecule has 0 aliphatic heterocycles. The molecule has 114 valence electrons. The van der Waals surface area contributed by atoms with E-state index in [1.54, 1.807) is 6.08 Å². The zero-order valence-electron chi connectivity index (χ0n) is 11.9. The molecule has 0 saturated carbocycles. The quantitative estimate of drug-likeness (QED) is 0.839. The maximum Gasteiger partial charge on any atom is 0.387 e. The van der Waals surface area contributed by atoms with Crippen LogP contribution in [0, 0.1) is 6.92 Å². The topological polar surface area (TPSA) is 38.3 Å². The van der Waals surface area contributed by atoms with Gasteiger partial charge in [0.05, 0.1) is 0 Å². The molecule has 0 bridgehead atoms. The minimum Gasteiger partial charge on any atom is -0.435 e. The fourth-order valence-corrected chi connectivity index (χ4v) is 1.84. The first kappa shape index (κ1) is 15.7. The zero-order valence-corrected chi connectivity index (χ0v) is 11.9. The van der Waals surface area contributed by atoms with Gasteiger partial charge < -0.3 is 10.1 Å². The van der Waals surface area contributed by atoms with Crippen molar-refractivity contribution >= 4 is 17.7 Å². The molecule has 3 nitrogen and oxygen atoms in total. The molecule has 0 aliphatic carbocycles. The Morgan fingerprint density at radius 1 is 1.14 bits per heavy atom. The Labute approximate surface area is 127 Å². The van der Waals surface area contributed by atoms with Crippen LogP contribution >= 0.6 is 0 Å². The number of nitrogens with one attached hydrogen (secondary N) is 1. The lowest BCUT2D eigenvalue weighted by atomic mass is 10.1. The molecular formula is C17H15F2NO2. The molecule has 0 fully saturated rings. The minimum atomic E-state index is -2.86. The molecule has 1 N–H and O–H groups in total. The summed E-state index contributed by atoms with van der Waals surface area (Å²) < 4.78 is 28.3. The maximum atomic E-state index is 12.0. The molecule has 0 heterocycles. The molecule has 0 aliphatic rings. The normalized spacial score (nSPS) is 10.9. The number of carbonyl (C=O) groups is 1. The van der Waals surface area contributed by atoms with Crippen molar-refractivity contribution in [3.8, 4) is 5.75 Å². The molecule has 0 spiro atoms. The van der Waals surface area contributed by atoms with Crippen LogP contribution in [0.2, 0.25) is 0 Å². The van der Waals surface area contributed by atoms with Crippen molar-refractivity contribution in [1.29, 1.82) is 0 Å². The number of hydrogen-bond acceptors (Lipinski definition) is 2. The van der Waals surface area contributed by atoms with E-state index in [1.807, 2.05) is 31.2 Å². The van der Waals surface area contributed by atoms with Gasteiger partial charge >= 0.3 is 6.61 Å². The van der Waals surface area contributed by atoms with Crippen LogP contribution in [-0.2, 0) is 4.79 Å². The van der Waals surface area contributed by atoms with E-state index in [4.69, 9.17) is 0 Å². The Morgan fingerprint density at radius 2 is 1.82 bits per heavy atom. The van der Waals surface area contributed by atoms with Gasteiger partial charge in [0.25, 0.3) is 0 Å². The van der Waals surface area contributed by atoms with Gasteiger partial charge in [0, 0.05) is 11.8 Å². The molecule has 2 aromatic carbocycles. The van der Waals surface area contributed by atoms with Gasteiger partial charge in [0.15, 0.2) is 0 Å². The molecule has 0 aromatic heterocycles. The molecule has 2 rings (SSSR count). The van der Waals surface area contributed by atoms with Crippen LogP contribution in [0.4, 0.5) is 14.5 Å². The summed E-state index contributed by atoms with van der Waals surface area (Å²) in [6, 6.07) is 13.4. The number of amides is 1. The van der Waals surface area contributed by atoms with Gasteiger partial charge in [0.1, 0.15) is 5.75 Å². The van der Waals surface area contributed by atoms with Crippen molar-refractivity contribution in [3.63, 3.8) is 0 Å². The Bertz CT molecular complexity index is 667. The summed E-state index contributed by atoms with van der Waals surface area (Å²) in [5.74, 6) is -0.255. The van der Waals surface area contributed by atoms with E-state index in [-0.39, 0.29) is 11.7 Å². The highest BCUT2D eigenvalue weighted by molar-refractivity contribution is 6.02. The summed E-state index contributed by atoms with van der Waals surface area (Å²) in [5.41, 5.74) is 2.53. The van der Waals surface area contributed by atoms with Gasteiger partial charge in [-0.2, -0.15) is 8.78 Å². The van der Waals surface area contributed by atoms with E-state index in [0.29, 0.717) is 5.69 Å². The van der Waals surface area contributed by atoms with Gasteiger partial charge in [-0.3, -0.25) is 4.79 Å². The van der Waals surface area contributed by atoms with Crippen LogP contribution in [0.1, 0.15) is 11.1 Å². The van der Waals surface area contributed by atoms with Gasteiger partial charge in [-0.05, 0) is 48.4 Å². The predicted molar refractivity (Wildman–Crippen MR) is 81.9 cm³/mol. The first-order valence-corrected chi connectivity index (χ1v) is 6.64. The summed E-state index contributed by atoms with van der Waals surface area (Å²) in [6.07, 6.45) is 3.14. The Kier molecular flexibility index (Phi) is 5.25. The van der Waals surface area contributed by atoms with E-state index >= 15 is 0 Å². The third-order valence-electron chi connectivity index (χ3n) is 2.95. The molecule has 0 radical (unpaired) electrons. The van der Waals surface area contributed by atoms with Crippen LogP contribution < -0.4 is 10.1 Å².